The summed E-state index contributed by atoms with van der Waals surface area (Å²) in [5.41, 5.74) is -2.70. The minimum Gasteiger partial charge on any atom is -0.466 e. The third-order valence-electron chi connectivity index (χ3n) is 6.73. The lowest BCUT2D eigenvalue weighted by Crippen LogP contribution is -2.43. The van der Waals surface area contributed by atoms with Gasteiger partial charge in [0.2, 0.25) is 0 Å². The summed E-state index contributed by atoms with van der Waals surface area (Å²) in [7, 11) is 0. The SMILES string of the molecule is CCCCCC(C)(O)C=C[C@@H]1C[C@@H](C(=O)OCC)C(=O)[C@@]1(CC=CCCCC(=O)OCC)C(=O)OCC. The van der Waals surface area contributed by atoms with Crippen LogP contribution >= 0.6 is 0 Å². The van der Waals surface area contributed by atoms with E-state index in [0.717, 1.165) is 19.3 Å². The van der Waals surface area contributed by atoms with Crippen molar-refractivity contribution in [3.63, 3.8) is 0 Å². The maximum absolute atomic E-state index is 13.7. The molecule has 0 saturated heterocycles. The summed E-state index contributed by atoms with van der Waals surface area (Å²) in [6, 6.07) is 0. The number of esters is 3. The Morgan fingerprint density at radius 2 is 1.68 bits per heavy atom. The zero-order chi connectivity index (χ0) is 27.9. The molecule has 0 heterocycles. The van der Waals surface area contributed by atoms with E-state index in [1.807, 2.05) is 6.08 Å². The lowest BCUT2D eigenvalue weighted by atomic mass is 9.73. The van der Waals surface area contributed by atoms with Crippen LogP contribution in [0.3, 0.4) is 0 Å². The summed E-state index contributed by atoms with van der Waals surface area (Å²) in [4.78, 5) is 51.2. The number of carbonyl (C=O) groups is 4. The molecule has 0 amide bonds. The highest BCUT2D eigenvalue weighted by atomic mass is 16.5. The van der Waals surface area contributed by atoms with Gasteiger partial charge in [-0.3, -0.25) is 19.2 Å². The first-order valence-corrected chi connectivity index (χ1v) is 13.7. The van der Waals surface area contributed by atoms with Crippen LogP contribution in [0.5, 0.6) is 0 Å². The molecule has 1 fully saturated rings. The highest BCUT2D eigenvalue weighted by Crippen LogP contribution is 2.49. The monoisotopic (exact) mass is 522 g/mol. The maximum atomic E-state index is 13.7. The number of allylic oxidation sites excluding steroid dienone is 3. The molecule has 0 bridgehead atoms. The van der Waals surface area contributed by atoms with Gasteiger partial charge in [-0.15, -0.1) is 0 Å². The van der Waals surface area contributed by atoms with Crippen LogP contribution in [0.2, 0.25) is 0 Å². The first-order chi connectivity index (χ1) is 17.6. The number of hydrogen-bond acceptors (Lipinski definition) is 8. The fraction of sp³-hybridized carbons (Fsp3) is 0.724. The molecule has 0 aromatic rings. The minimum absolute atomic E-state index is 0.0486. The van der Waals surface area contributed by atoms with Gasteiger partial charge in [-0.2, -0.15) is 0 Å². The van der Waals surface area contributed by atoms with Crippen molar-refractivity contribution in [3.05, 3.63) is 24.3 Å². The second-order valence-corrected chi connectivity index (χ2v) is 9.75. The summed E-state index contributed by atoms with van der Waals surface area (Å²) < 4.78 is 15.4. The van der Waals surface area contributed by atoms with E-state index >= 15 is 0 Å². The molecular weight excluding hydrogens is 476 g/mol. The molecule has 4 atom stereocenters. The van der Waals surface area contributed by atoms with Crippen LogP contribution in [0, 0.1) is 17.3 Å². The zero-order valence-electron chi connectivity index (χ0n) is 23.3. The molecule has 1 aliphatic carbocycles. The lowest BCUT2D eigenvalue weighted by Gasteiger charge is -2.30. The molecule has 0 spiro atoms. The fourth-order valence-electron chi connectivity index (χ4n) is 4.72. The van der Waals surface area contributed by atoms with Crippen LogP contribution in [-0.4, -0.2) is 54.2 Å². The van der Waals surface area contributed by atoms with Crippen molar-refractivity contribution in [3.8, 4) is 0 Å². The average molecular weight is 523 g/mol. The average Bonchev–Trinajstić information content (AvgIpc) is 3.13. The second kappa shape index (κ2) is 16.4. The van der Waals surface area contributed by atoms with Crippen molar-refractivity contribution in [2.24, 2.45) is 17.3 Å². The molecule has 8 heteroatoms. The minimum atomic E-state index is -1.60. The van der Waals surface area contributed by atoms with Crippen molar-refractivity contribution in [2.75, 3.05) is 19.8 Å². The number of ether oxygens (including phenoxy) is 3. The van der Waals surface area contributed by atoms with E-state index in [1.54, 1.807) is 45.9 Å². The van der Waals surface area contributed by atoms with Crippen molar-refractivity contribution in [1.29, 1.82) is 0 Å². The van der Waals surface area contributed by atoms with Gasteiger partial charge in [0, 0.05) is 12.3 Å². The van der Waals surface area contributed by atoms with Crippen molar-refractivity contribution in [1.82, 2.24) is 0 Å². The molecule has 0 aromatic heterocycles. The topological polar surface area (TPSA) is 116 Å². The highest BCUT2D eigenvalue weighted by molar-refractivity contribution is 6.14. The number of ketones is 1. The van der Waals surface area contributed by atoms with Gasteiger partial charge < -0.3 is 19.3 Å². The van der Waals surface area contributed by atoms with Gasteiger partial charge in [-0.1, -0.05) is 50.5 Å². The summed E-state index contributed by atoms with van der Waals surface area (Å²) in [5.74, 6) is -3.83. The van der Waals surface area contributed by atoms with E-state index in [1.165, 1.54) is 0 Å². The second-order valence-electron chi connectivity index (χ2n) is 9.75. The van der Waals surface area contributed by atoms with Crippen LogP contribution in [0.4, 0.5) is 0 Å². The van der Waals surface area contributed by atoms with Crippen LogP contribution in [-0.2, 0) is 33.4 Å². The molecule has 0 aromatic carbocycles. The van der Waals surface area contributed by atoms with E-state index in [2.05, 4.69) is 6.92 Å². The largest absolute Gasteiger partial charge is 0.466 e. The summed E-state index contributed by atoms with van der Waals surface area (Å²) in [6.07, 6.45) is 11.9. The molecule has 1 N–H and O–H groups in total. The number of Topliss-reactive ketones (excluding diaryl/α,β-unsaturated/α-hetero) is 1. The third kappa shape index (κ3) is 9.72. The summed E-state index contributed by atoms with van der Waals surface area (Å²) in [5, 5.41) is 10.9. The van der Waals surface area contributed by atoms with E-state index in [9.17, 15) is 24.3 Å². The normalized spacial score (nSPS) is 23.4. The summed E-state index contributed by atoms with van der Waals surface area (Å²) >= 11 is 0. The number of aliphatic hydroxyl groups is 1. The quantitative estimate of drug-likeness (QED) is 0.0945. The number of carbonyl (C=O) groups excluding carboxylic acids is 4. The van der Waals surface area contributed by atoms with Crippen molar-refractivity contribution >= 4 is 23.7 Å². The Kier molecular flexibility index (Phi) is 14.4. The fourth-order valence-corrected chi connectivity index (χ4v) is 4.72. The molecular formula is C29H46O8. The van der Waals surface area contributed by atoms with Gasteiger partial charge in [-0.05, 0) is 59.8 Å². The van der Waals surface area contributed by atoms with Gasteiger partial charge >= 0.3 is 17.9 Å². The summed E-state index contributed by atoms with van der Waals surface area (Å²) in [6.45, 7) is 9.43. The van der Waals surface area contributed by atoms with Crippen LogP contribution in [0.1, 0.15) is 92.4 Å². The van der Waals surface area contributed by atoms with E-state index in [-0.39, 0.29) is 38.4 Å². The number of rotatable bonds is 17. The van der Waals surface area contributed by atoms with Gasteiger partial charge in [0.1, 0.15) is 11.3 Å². The maximum Gasteiger partial charge on any atom is 0.320 e. The molecule has 1 rings (SSSR count). The molecule has 1 unspecified atom stereocenters. The Hall–Kier alpha value is -2.48. The van der Waals surface area contributed by atoms with Gasteiger partial charge in [0.15, 0.2) is 5.78 Å². The Labute approximate surface area is 221 Å². The Bertz CT molecular complexity index is 813. The van der Waals surface area contributed by atoms with Crippen LogP contribution < -0.4 is 0 Å². The molecule has 0 radical (unpaired) electrons. The zero-order valence-corrected chi connectivity index (χ0v) is 23.3. The van der Waals surface area contributed by atoms with Gasteiger partial charge in [0.05, 0.1) is 25.4 Å². The Morgan fingerprint density at radius 1 is 1.00 bits per heavy atom. The number of unbranched alkanes of at least 4 members (excludes halogenated alkanes) is 3. The standard InChI is InChI=1S/C29H46O8/c1-6-10-14-18-28(5,34)20-17-22-21-23(26(32)36-8-3)25(31)29(22,27(33)37-9-4)19-15-12-11-13-16-24(30)35-7-2/h12,15,17,20,22-23,34H,6-11,13-14,16,18-19,21H2,1-5H3/t22-,23-,28?,29+/m1/s1. The van der Waals surface area contributed by atoms with Crippen molar-refractivity contribution < 1.29 is 38.5 Å². The third-order valence-corrected chi connectivity index (χ3v) is 6.73. The molecule has 1 aliphatic rings. The van der Waals surface area contributed by atoms with E-state index in [0.29, 0.717) is 25.9 Å². The highest BCUT2D eigenvalue weighted by Gasteiger charge is 2.61. The van der Waals surface area contributed by atoms with Gasteiger partial charge in [0.25, 0.3) is 0 Å². The first kappa shape index (κ1) is 32.5. The molecule has 1 saturated carbocycles. The van der Waals surface area contributed by atoms with E-state index < -0.39 is 40.6 Å². The van der Waals surface area contributed by atoms with E-state index in [4.69, 9.17) is 14.2 Å². The smallest absolute Gasteiger partial charge is 0.320 e. The lowest BCUT2D eigenvalue weighted by molar-refractivity contribution is -0.162. The Morgan fingerprint density at radius 3 is 2.30 bits per heavy atom. The van der Waals surface area contributed by atoms with Crippen molar-refractivity contribution in [2.45, 2.75) is 98.0 Å². The van der Waals surface area contributed by atoms with Crippen LogP contribution in [0.25, 0.3) is 0 Å². The molecule has 8 nitrogen and oxygen atoms in total. The molecule has 37 heavy (non-hydrogen) atoms. The van der Waals surface area contributed by atoms with Gasteiger partial charge in [-0.25, -0.2) is 0 Å². The molecule has 0 aliphatic heterocycles. The Balaban J connectivity index is 3.24. The molecule has 210 valence electrons. The predicted molar refractivity (Wildman–Crippen MR) is 140 cm³/mol. The number of hydrogen-bond donors (Lipinski definition) is 1. The predicted octanol–water partition coefficient (Wildman–Crippen LogP) is 4.87. The van der Waals surface area contributed by atoms with Crippen LogP contribution in [0.15, 0.2) is 24.3 Å². The first-order valence-electron chi connectivity index (χ1n) is 13.7.